The Morgan fingerprint density at radius 2 is 2.39 bits per heavy atom. The third kappa shape index (κ3) is 2.40. The van der Waals surface area contributed by atoms with E-state index in [0.29, 0.717) is 16.5 Å². The molecular weight excluding hydrogens is 246 g/mol. The topological polar surface area (TPSA) is 78.9 Å². The molecule has 1 aromatic heterocycles. The van der Waals surface area contributed by atoms with Gasteiger partial charge in [0, 0.05) is 4.88 Å². The van der Waals surface area contributed by atoms with E-state index >= 15 is 0 Å². The standard InChI is InChI=1S/C13H17N3OS/c1-7-3-4-9-10(6-14)13(18-11(9)5-7)16-12(17)8(2)15/h7-8H,3-5,15H2,1-2H3,(H,16,17)/t7?,8-/m0/s1. The average molecular weight is 263 g/mol. The SMILES string of the molecule is CC1CCc2c(sc(NC(=O)[C@H](C)N)c2C#N)C1. The Labute approximate surface area is 111 Å². The Morgan fingerprint density at radius 3 is 3.00 bits per heavy atom. The van der Waals surface area contributed by atoms with Crippen LogP contribution in [0.2, 0.25) is 0 Å². The molecule has 3 N–H and O–H groups in total. The van der Waals surface area contributed by atoms with Crippen LogP contribution in [-0.4, -0.2) is 11.9 Å². The molecule has 0 fully saturated rings. The van der Waals surface area contributed by atoms with Crippen LogP contribution in [0.25, 0.3) is 0 Å². The molecule has 0 aliphatic heterocycles. The highest BCUT2D eigenvalue weighted by Gasteiger charge is 2.24. The summed E-state index contributed by atoms with van der Waals surface area (Å²) in [4.78, 5) is 12.9. The van der Waals surface area contributed by atoms with Crippen LogP contribution in [0.1, 0.15) is 36.3 Å². The zero-order valence-electron chi connectivity index (χ0n) is 10.6. The number of nitrogens with two attached hydrogens (primary N) is 1. The lowest BCUT2D eigenvalue weighted by Gasteiger charge is -2.17. The second kappa shape index (κ2) is 5.09. The van der Waals surface area contributed by atoms with Gasteiger partial charge in [-0.25, -0.2) is 0 Å². The van der Waals surface area contributed by atoms with Crippen LogP contribution in [0, 0.1) is 17.2 Å². The molecule has 1 aliphatic rings. The quantitative estimate of drug-likeness (QED) is 0.857. The third-order valence-corrected chi connectivity index (χ3v) is 4.44. The van der Waals surface area contributed by atoms with E-state index in [9.17, 15) is 10.1 Å². The van der Waals surface area contributed by atoms with E-state index in [2.05, 4.69) is 18.3 Å². The molecule has 4 nitrogen and oxygen atoms in total. The fourth-order valence-corrected chi connectivity index (χ4v) is 3.55. The molecule has 18 heavy (non-hydrogen) atoms. The second-order valence-corrected chi connectivity index (χ2v) is 6.05. The van der Waals surface area contributed by atoms with E-state index < -0.39 is 6.04 Å². The van der Waals surface area contributed by atoms with Gasteiger partial charge in [0.2, 0.25) is 5.91 Å². The highest BCUT2D eigenvalue weighted by atomic mass is 32.1. The number of hydrogen-bond donors (Lipinski definition) is 2. The van der Waals surface area contributed by atoms with Crippen LogP contribution in [-0.2, 0) is 17.6 Å². The lowest BCUT2D eigenvalue weighted by molar-refractivity contribution is -0.117. The van der Waals surface area contributed by atoms with E-state index in [1.54, 1.807) is 6.92 Å². The van der Waals surface area contributed by atoms with Gasteiger partial charge in [0.15, 0.2) is 0 Å². The summed E-state index contributed by atoms with van der Waals surface area (Å²) in [5.74, 6) is 0.415. The normalized spacial score (nSPS) is 19.8. The van der Waals surface area contributed by atoms with Gasteiger partial charge in [-0.1, -0.05) is 6.92 Å². The molecule has 1 unspecified atom stereocenters. The van der Waals surface area contributed by atoms with Gasteiger partial charge in [-0.3, -0.25) is 4.79 Å². The molecule has 96 valence electrons. The Hall–Kier alpha value is -1.38. The maximum absolute atomic E-state index is 11.6. The Balaban J connectivity index is 2.32. The molecule has 2 atom stereocenters. The molecular formula is C13H17N3OS. The molecule has 1 heterocycles. The van der Waals surface area contributed by atoms with Crippen LogP contribution >= 0.6 is 11.3 Å². The van der Waals surface area contributed by atoms with Crippen molar-refractivity contribution in [3.05, 3.63) is 16.0 Å². The number of rotatable bonds is 2. The van der Waals surface area contributed by atoms with Crippen molar-refractivity contribution < 1.29 is 4.79 Å². The van der Waals surface area contributed by atoms with Crippen LogP contribution in [0.5, 0.6) is 0 Å². The zero-order valence-corrected chi connectivity index (χ0v) is 11.4. The Kier molecular flexibility index (Phi) is 3.69. The lowest BCUT2D eigenvalue weighted by atomic mass is 9.88. The largest absolute Gasteiger partial charge is 0.320 e. The van der Waals surface area contributed by atoms with Crippen LogP contribution in [0.15, 0.2) is 0 Å². The van der Waals surface area contributed by atoms with Crippen molar-refractivity contribution in [1.82, 2.24) is 0 Å². The zero-order chi connectivity index (χ0) is 13.3. The van der Waals surface area contributed by atoms with Crippen LogP contribution in [0.3, 0.4) is 0 Å². The van der Waals surface area contributed by atoms with E-state index in [-0.39, 0.29) is 5.91 Å². The fraction of sp³-hybridized carbons (Fsp3) is 0.538. The van der Waals surface area contributed by atoms with Gasteiger partial charge in [-0.15, -0.1) is 11.3 Å². The van der Waals surface area contributed by atoms with Crippen molar-refractivity contribution in [3.8, 4) is 6.07 Å². The summed E-state index contributed by atoms with van der Waals surface area (Å²) in [5.41, 5.74) is 7.29. The molecule has 0 aromatic carbocycles. The number of nitrogens with one attached hydrogen (secondary N) is 1. The molecule has 1 aliphatic carbocycles. The maximum atomic E-state index is 11.6. The van der Waals surface area contributed by atoms with Gasteiger partial charge < -0.3 is 11.1 Å². The summed E-state index contributed by atoms with van der Waals surface area (Å²) in [6.07, 6.45) is 3.05. The van der Waals surface area contributed by atoms with Crippen molar-refractivity contribution in [2.75, 3.05) is 5.32 Å². The van der Waals surface area contributed by atoms with Crippen molar-refractivity contribution in [2.24, 2.45) is 11.7 Å². The molecule has 1 amide bonds. The number of carbonyl (C=O) groups is 1. The van der Waals surface area contributed by atoms with Gasteiger partial charge in [0.25, 0.3) is 0 Å². The van der Waals surface area contributed by atoms with Gasteiger partial charge in [0.05, 0.1) is 11.6 Å². The minimum atomic E-state index is -0.561. The third-order valence-electron chi connectivity index (χ3n) is 3.27. The number of nitriles is 1. The van der Waals surface area contributed by atoms with Gasteiger partial charge in [-0.05, 0) is 37.7 Å². The van der Waals surface area contributed by atoms with Crippen molar-refractivity contribution in [1.29, 1.82) is 5.26 Å². The first kappa shape index (κ1) is 13.1. The number of amides is 1. The first-order valence-corrected chi connectivity index (χ1v) is 6.95. The van der Waals surface area contributed by atoms with Crippen molar-refractivity contribution in [2.45, 2.75) is 39.2 Å². The minimum Gasteiger partial charge on any atom is -0.320 e. The molecule has 0 bridgehead atoms. The summed E-state index contributed by atoms with van der Waals surface area (Å²) >= 11 is 1.53. The van der Waals surface area contributed by atoms with Crippen LogP contribution in [0.4, 0.5) is 5.00 Å². The van der Waals surface area contributed by atoms with Gasteiger partial charge in [-0.2, -0.15) is 5.26 Å². The summed E-state index contributed by atoms with van der Waals surface area (Å²) in [7, 11) is 0. The average Bonchev–Trinajstić information content (AvgIpc) is 2.64. The highest BCUT2D eigenvalue weighted by molar-refractivity contribution is 7.16. The molecule has 0 saturated carbocycles. The van der Waals surface area contributed by atoms with Crippen molar-refractivity contribution >= 4 is 22.2 Å². The van der Waals surface area contributed by atoms with E-state index in [4.69, 9.17) is 5.73 Å². The number of thiophene rings is 1. The lowest BCUT2D eigenvalue weighted by Crippen LogP contribution is -2.32. The number of anilines is 1. The van der Waals surface area contributed by atoms with E-state index in [1.807, 2.05) is 0 Å². The first-order chi connectivity index (χ1) is 8.52. The summed E-state index contributed by atoms with van der Waals surface area (Å²) in [6, 6.07) is 1.66. The number of carbonyl (C=O) groups excluding carboxylic acids is 1. The fourth-order valence-electron chi connectivity index (χ4n) is 2.18. The smallest absolute Gasteiger partial charge is 0.241 e. The predicted molar refractivity (Wildman–Crippen MR) is 72.5 cm³/mol. The number of hydrogen-bond acceptors (Lipinski definition) is 4. The number of fused-ring (bicyclic) bond motifs is 1. The Morgan fingerprint density at radius 1 is 1.67 bits per heavy atom. The molecule has 5 heteroatoms. The van der Waals surface area contributed by atoms with Crippen molar-refractivity contribution in [3.63, 3.8) is 0 Å². The minimum absolute atomic E-state index is 0.238. The molecule has 0 spiro atoms. The maximum Gasteiger partial charge on any atom is 0.241 e. The Bertz CT molecular complexity index is 513. The highest BCUT2D eigenvalue weighted by Crippen LogP contribution is 2.39. The molecule has 2 rings (SSSR count). The first-order valence-electron chi connectivity index (χ1n) is 6.14. The van der Waals surface area contributed by atoms with Gasteiger partial charge in [0.1, 0.15) is 11.1 Å². The molecule has 1 aromatic rings. The summed E-state index contributed by atoms with van der Waals surface area (Å²) in [6.45, 7) is 3.85. The van der Waals surface area contributed by atoms with Gasteiger partial charge >= 0.3 is 0 Å². The number of nitrogens with zero attached hydrogens (tertiary/aromatic N) is 1. The monoisotopic (exact) mass is 263 g/mol. The van der Waals surface area contributed by atoms with E-state index in [0.717, 1.165) is 24.8 Å². The summed E-state index contributed by atoms with van der Waals surface area (Å²) in [5, 5.41) is 12.7. The second-order valence-electron chi connectivity index (χ2n) is 4.95. The van der Waals surface area contributed by atoms with E-state index in [1.165, 1.54) is 16.2 Å². The van der Waals surface area contributed by atoms with Crippen LogP contribution < -0.4 is 11.1 Å². The predicted octanol–water partition coefficient (Wildman–Crippen LogP) is 2.03. The molecule has 0 saturated heterocycles. The molecule has 0 radical (unpaired) electrons. The summed E-state index contributed by atoms with van der Waals surface area (Å²) < 4.78 is 0.